The van der Waals surface area contributed by atoms with Crippen LogP contribution in [0.2, 0.25) is 0 Å². The largest absolute Gasteiger partial charge is 0.481 e. The lowest BCUT2D eigenvalue weighted by molar-refractivity contribution is -0.137. The number of rotatable bonds is 26. The first-order valence-corrected chi connectivity index (χ1v) is 15.4. The van der Waals surface area contributed by atoms with Crippen molar-refractivity contribution in [3.05, 3.63) is 0 Å². The zero-order valence-electron chi connectivity index (χ0n) is 24.2. The van der Waals surface area contributed by atoms with Gasteiger partial charge < -0.3 is 10.0 Å². The number of nitrogens with zero attached hydrogens (tertiary/aromatic N) is 1. The Morgan fingerprint density at radius 3 is 1.00 bits per heavy atom. The summed E-state index contributed by atoms with van der Waals surface area (Å²) in [5.41, 5.74) is 0. The zero-order chi connectivity index (χ0) is 25.5. The van der Waals surface area contributed by atoms with Crippen LogP contribution in [-0.4, -0.2) is 36.6 Å². The van der Waals surface area contributed by atoms with E-state index in [9.17, 15) is 4.79 Å². The Kier molecular flexibility index (Phi) is 33.9. The molecule has 0 aromatic carbocycles. The highest BCUT2D eigenvalue weighted by molar-refractivity contribution is 5.66. The Labute approximate surface area is 215 Å². The summed E-state index contributed by atoms with van der Waals surface area (Å²) in [6.07, 6.45) is 33.1. The fourth-order valence-electron chi connectivity index (χ4n) is 4.39. The smallest absolute Gasteiger partial charge is 0.303 e. The van der Waals surface area contributed by atoms with Crippen LogP contribution < -0.4 is 0 Å². The van der Waals surface area contributed by atoms with E-state index in [1.165, 1.54) is 148 Å². The minimum Gasteiger partial charge on any atom is -0.481 e. The Hall–Kier alpha value is -0.570. The molecule has 0 atom stereocenters. The second-order valence-corrected chi connectivity index (χ2v) is 10.7. The van der Waals surface area contributed by atoms with Crippen LogP contribution in [0, 0.1) is 0 Å². The molecule has 0 spiro atoms. The number of carbonyl (C=O) groups is 1. The lowest BCUT2D eigenvalue weighted by atomic mass is 10.0. The molecule has 0 bridgehead atoms. The van der Waals surface area contributed by atoms with Crippen molar-refractivity contribution in [2.75, 3.05) is 20.6 Å². The monoisotopic (exact) mass is 484 g/mol. The maximum absolute atomic E-state index is 10.3. The number of unbranched alkanes of at least 4 members (excludes halogenated alkanes) is 22. The van der Waals surface area contributed by atoms with Crippen molar-refractivity contribution in [3.63, 3.8) is 0 Å². The number of carboxylic acids is 1. The van der Waals surface area contributed by atoms with Gasteiger partial charge in [0.2, 0.25) is 0 Å². The van der Waals surface area contributed by atoms with Gasteiger partial charge >= 0.3 is 5.97 Å². The van der Waals surface area contributed by atoms with E-state index >= 15 is 0 Å². The molecular formula is C31H65NO2. The predicted octanol–water partition coefficient (Wildman–Crippen LogP) is 10.4. The first kappa shape index (κ1) is 35.6. The van der Waals surface area contributed by atoms with Gasteiger partial charge in [0.15, 0.2) is 0 Å². The summed E-state index contributed by atoms with van der Waals surface area (Å²) < 4.78 is 0. The van der Waals surface area contributed by atoms with Crippen molar-refractivity contribution in [3.8, 4) is 0 Å². The van der Waals surface area contributed by atoms with Crippen LogP contribution in [0.5, 0.6) is 0 Å². The summed E-state index contributed by atoms with van der Waals surface area (Å²) in [4.78, 5) is 12.6. The van der Waals surface area contributed by atoms with Crippen LogP contribution >= 0.6 is 0 Å². The molecule has 0 fully saturated rings. The summed E-state index contributed by atoms with van der Waals surface area (Å²) in [6.45, 7) is 5.81. The summed E-state index contributed by atoms with van der Waals surface area (Å²) in [5.74, 6) is -0.653. The van der Waals surface area contributed by atoms with Crippen LogP contribution in [-0.2, 0) is 4.79 Å². The molecular weight excluding hydrogens is 418 g/mol. The third kappa shape index (κ3) is 38.7. The van der Waals surface area contributed by atoms with Gasteiger partial charge in [0.05, 0.1) is 0 Å². The third-order valence-corrected chi connectivity index (χ3v) is 6.70. The lowest BCUT2D eigenvalue weighted by Crippen LogP contribution is -2.12. The van der Waals surface area contributed by atoms with E-state index < -0.39 is 5.97 Å². The van der Waals surface area contributed by atoms with Crippen LogP contribution in [0.4, 0.5) is 0 Å². The zero-order valence-corrected chi connectivity index (χ0v) is 24.2. The van der Waals surface area contributed by atoms with E-state index in [-0.39, 0.29) is 0 Å². The van der Waals surface area contributed by atoms with Gasteiger partial charge in [0.1, 0.15) is 0 Å². The number of hydrogen-bond donors (Lipinski definition) is 1. The normalized spacial score (nSPS) is 11.0. The van der Waals surface area contributed by atoms with E-state index in [1.54, 1.807) is 0 Å². The standard InChI is InChI=1S/C18H36O2.C13H29N/c1-2-3-4-5-6-7-8-9-10-11-12-13-14-15-16-17-18(19)20;1-4-5-6-7-8-9-10-11-12-13-14(2)3/h2-17H2,1H3,(H,19,20);4-13H2,1-3H3. The molecule has 0 heterocycles. The van der Waals surface area contributed by atoms with E-state index in [0.717, 1.165) is 12.8 Å². The highest BCUT2D eigenvalue weighted by Crippen LogP contribution is 2.13. The molecule has 0 radical (unpaired) electrons. The Morgan fingerprint density at radius 2 is 0.735 bits per heavy atom. The summed E-state index contributed by atoms with van der Waals surface area (Å²) >= 11 is 0. The second kappa shape index (κ2) is 32.4. The van der Waals surface area contributed by atoms with Crippen molar-refractivity contribution < 1.29 is 9.90 Å². The van der Waals surface area contributed by atoms with Gasteiger partial charge in [-0.2, -0.15) is 0 Å². The van der Waals surface area contributed by atoms with Crippen molar-refractivity contribution in [2.45, 2.75) is 174 Å². The van der Waals surface area contributed by atoms with Crippen molar-refractivity contribution in [1.82, 2.24) is 4.90 Å². The molecule has 3 nitrogen and oxygen atoms in total. The average molecular weight is 484 g/mol. The topological polar surface area (TPSA) is 40.5 Å². The molecule has 0 rings (SSSR count). The Bertz CT molecular complexity index is 370. The number of aliphatic carboxylic acids is 1. The minimum atomic E-state index is -0.653. The SMILES string of the molecule is CCCCCCCCCCCCCCCCCC(=O)O.CCCCCCCCCCCN(C)C. The van der Waals surface area contributed by atoms with E-state index in [2.05, 4.69) is 32.8 Å². The maximum Gasteiger partial charge on any atom is 0.303 e. The van der Waals surface area contributed by atoms with Crippen molar-refractivity contribution >= 4 is 5.97 Å². The highest BCUT2D eigenvalue weighted by Gasteiger charge is 1.97. The third-order valence-electron chi connectivity index (χ3n) is 6.70. The maximum atomic E-state index is 10.3. The summed E-state index contributed by atoms with van der Waals surface area (Å²) in [6, 6.07) is 0. The first-order valence-electron chi connectivity index (χ1n) is 15.4. The molecule has 1 N–H and O–H groups in total. The quantitative estimate of drug-likeness (QED) is 0.124. The highest BCUT2D eigenvalue weighted by atomic mass is 16.4. The van der Waals surface area contributed by atoms with Gasteiger partial charge in [-0.25, -0.2) is 0 Å². The summed E-state index contributed by atoms with van der Waals surface area (Å²) in [7, 11) is 4.31. The fourth-order valence-corrected chi connectivity index (χ4v) is 4.39. The molecule has 0 saturated heterocycles. The van der Waals surface area contributed by atoms with Gasteiger partial charge in [-0.05, 0) is 33.5 Å². The van der Waals surface area contributed by atoms with Gasteiger partial charge in [-0.1, -0.05) is 155 Å². The number of hydrogen-bond acceptors (Lipinski definition) is 2. The molecule has 206 valence electrons. The molecule has 0 aromatic heterocycles. The Morgan fingerprint density at radius 1 is 0.471 bits per heavy atom. The Balaban J connectivity index is 0. The molecule has 0 aromatic rings. The lowest BCUT2D eigenvalue weighted by Gasteiger charge is -2.08. The molecule has 34 heavy (non-hydrogen) atoms. The average Bonchev–Trinajstić information content (AvgIpc) is 2.80. The van der Waals surface area contributed by atoms with Crippen molar-refractivity contribution in [1.29, 1.82) is 0 Å². The number of carboxylic acid groups (broad SMARTS) is 1. The molecule has 0 unspecified atom stereocenters. The molecule has 0 aliphatic heterocycles. The van der Waals surface area contributed by atoms with E-state index in [4.69, 9.17) is 5.11 Å². The van der Waals surface area contributed by atoms with Gasteiger partial charge in [-0.15, -0.1) is 0 Å². The molecule has 0 aliphatic rings. The first-order chi connectivity index (χ1) is 16.5. The molecule has 3 heteroatoms. The van der Waals surface area contributed by atoms with Crippen LogP contribution in [0.1, 0.15) is 174 Å². The van der Waals surface area contributed by atoms with E-state index in [1.807, 2.05) is 0 Å². The van der Waals surface area contributed by atoms with Gasteiger partial charge in [0, 0.05) is 6.42 Å². The molecule has 0 amide bonds. The van der Waals surface area contributed by atoms with E-state index in [0.29, 0.717) is 6.42 Å². The second-order valence-electron chi connectivity index (χ2n) is 10.7. The van der Waals surface area contributed by atoms with Crippen LogP contribution in [0.3, 0.4) is 0 Å². The van der Waals surface area contributed by atoms with Crippen LogP contribution in [0.15, 0.2) is 0 Å². The van der Waals surface area contributed by atoms with Gasteiger partial charge in [-0.3, -0.25) is 4.79 Å². The predicted molar refractivity (Wildman–Crippen MR) is 153 cm³/mol. The fraction of sp³-hybridized carbons (Fsp3) is 0.968. The molecule has 0 aliphatic carbocycles. The summed E-state index contributed by atoms with van der Waals surface area (Å²) in [5, 5.41) is 8.52. The minimum absolute atomic E-state index is 0.345. The molecule has 0 saturated carbocycles. The van der Waals surface area contributed by atoms with Crippen LogP contribution in [0.25, 0.3) is 0 Å². The van der Waals surface area contributed by atoms with Gasteiger partial charge in [0.25, 0.3) is 0 Å². The van der Waals surface area contributed by atoms with Crippen molar-refractivity contribution in [2.24, 2.45) is 0 Å².